The topological polar surface area (TPSA) is 21.1 Å². The maximum Gasteiger partial charge on any atom is 0.0750 e. The molecule has 0 saturated carbocycles. The number of nitrogens with zero attached hydrogens (tertiary/aromatic N) is 3. The van der Waals surface area contributed by atoms with Gasteiger partial charge in [-0.1, -0.05) is 149 Å². The fourth-order valence-electron chi connectivity index (χ4n) is 10.5. The second kappa shape index (κ2) is 13.5. The van der Waals surface area contributed by atoms with E-state index >= 15 is 0 Å². The highest BCUT2D eigenvalue weighted by molar-refractivity contribution is 6.09. The lowest BCUT2D eigenvalue weighted by molar-refractivity contribution is 0.632. The van der Waals surface area contributed by atoms with Crippen molar-refractivity contribution in [2.24, 2.45) is 0 Å². The van der Waals surface area contributed by atoms with Gasteiger partial charge in [0.05, 0.1) is 22.4 Å². The molecule has 0 unspecified atom stereocenters. The fraction of sp³-hybridized carbons (Fsp3) is 0.102. The summed E-state index contributed by atoms with van der Waals surface area (Å²) in [5, 5.41) is 2.56. The third-order valence-electron chi connectivity index (χ3n) is 13.7. The Morgan fingerprint density at radius 3 is 1.44 bits per heavy atom. The number of aromatic nitrogens is 2. The van der Waals surface area contributed by atoms with Gasteiger partial charge in [-0.05, 0) is 123 Å². The SMILES string of the molecule is CC1(C)c2cc(-c3ccc(N(c4ccccc4)c4ccccc4)cc3)ccc2-c2nc3c(cc21)-c1ccc(-c2ccc(-n4c5ccccc5c5ccccc54)cc2)cc1C3(C)C. The summed E-state index contributed by atoms with van der Waals surface area (Å²) in [7, 11) is 0. The van der Waals surface area contributed by atoms with Gasteiger partial charge in [0.25, 0.3) is 0 Å². The first-order valence-corrected chi connectivity index (χ1v) is 21.7. The van der Waals surface area contributed by atoms with Crippen LogP contribution in [0, 0.1) is 0 Å². The molecule has 0 saturated heterocycles. The monoisotopic (exact) mass is 795 g/mol. The van der Waals surface area contributed by atoms with Crippen molar-refractivity contribution in [2.75, 3.05) is 4.90 Å². The second-order valence-electron chi connectivity index (χ2n) is 18.0. The first-order chi connectivity index (χ1) is 30.3. The van der Waals surface area contributed by atoms with Crippen LogP contribution in [0.1, 0.15) is 50.1 Å². The van der Waals surface area contributed by atoms with Crippen molar-refractivity contribution < 1.29 is 0 Å². The van der Waals surface area contributed by atoms with Gasteiger partial charge in [0.2, 0.25) is 0 Å². The number of hydrogen-bond donors (Lipinski definition) is 0. The molecule has 2 heterocycles. The highest BCUT2D eigenvalue weighted by Gasteiger charge is 2.43. The lowest BCUT2D eigenvalue weighted by atomic mass is 9.81. The number of anilines is 3. The number of benzene rings is 8. The Morgan fingerprint density at radius 2 is 0.855 bits per heavy atom. The summed E-state index contributed by atoms with van der Waals surface area (Å²) in [5.74, 6) is 0. The van der Waals surface area contributed by atoms with E-state index in [9.17, 15) is 0 Å². The average molecular weight is 796 g/mol. The van der Waals surface area contributed by atoms with Crippen LogP contribution in [-0.4, -0.2) is 9.55 Å². The summed E-state index contributed by atoms with van der Waals surface area (Å²) < 4.78 is 2.38. The maximum atomic E-state index is 5.61. The summed E-state index contributed by atoms with van der Waals surface area (Å²) in [6, 6.07) is 73.1. The molecule has 12 rings (SSSR count). The molecule has 296 valence electrons. The largest absolute Gasteiger partial charge is 0.311 e. The Morgan fingerprint density at radius 1 is 0.387 bits per heavy atom. The van der Waals surface area contributed by atoms with Gasteiger partial charge in [0.15, 0.2) is 0 Å². The van der Waals surface area contributed by atoms with E-state index in [1.807, 2.05) is 0 Å². The Labute approximate surface area is 363 Å². The lowest BCUT2D eigenvalue weighted by Crippen LogP contribution is -2.18. The van der Waals surface area contributed by atoms with Crippen molar-refractivity contribution in [1.29, 1.82) is 0 Å². The number of rotatable bonds is 6. The molecule has 3 heteroatoms. The van der Waals surface area contributed by atoms with Crippen molar-refractivity contribution in [3.8, 4) is 50.3 Å². The minimum absolute atomic E-state index is 0.203. The molecule has 0 amide bonds. The lowest BCUT2D eigenvalue weighted by Gasteiger charge is -2.25. The van der Waals surface area contributed by atoms with Gasteiger partial charge in [-0.15, -0.1) is 0 Å². The summed E-state index contributed by atoms with van der Waals surface area (Å²) in [5.41, 5.74) is 21.5. The molecule has 0 radical (unpaired) electrons. The van der Waals surface area contributed by atoms with Crippen LogP contribution in [0.25, 0.3) is 72.1 Å². The zero-order valence-corrected chi connectivity index (χ0v) is 35.4. The Hall–Kier alpha value is -7.49. The van der Waals surface area contributed by atoms with Crippen LogP contribution in [0.3, 0.4) is 0 Å². The van der Waals surface area contributed by atoms with E-state index in [0.717, 1.165) is 28.5 Å². The van der Waals surface area contributed by atoms with Crippen molar-refractivity contribution in [2.45, 2.75) is 38.5 Å². The number of hydrogen-bond acceptors (Lipinski definition) is 2. The van der Waals surface area contributed by atoms with Gasteiger partial charge in [0.1, 0.15) is 0 Å². The number of fused-ring (bicyclic) bond motifs is 9. The van der Waals surface area contributed by atoms with Gasteiger partial charge in [-0.2, -0.15) is 0 Å². The van der Waals surface area contributed by atoms with Crippen LogP contribution in [0.2, 0.25) is 0 Å². The van der Waals surface area contributed by atoms with Crippen molar-refractivity contribution in [3.63, 3.8) is 0 Å². The van der Waals surface area contributed by atoms with E-state index in [1.54, 1.807) is 0 Å². The summed E-state index contributed by atoms with van der Waals surface area (Å²) in [4.78, 5) is 7.92. The van der Waals surface area contributed by atoms with Crippen molar-refractivity contribution in [1.82, 2.24) is 9.55 Å². The summed E-state index contributed by atoms with van der Waals surface area (Å²) in [6.45, 7) is 9.42. The third-order valence-corrected chi connectivity index (χ3v) is 13.7. The van der Waals surface area contributed by atoms with Gasteiger partial charge >= 0.3 is 0 Å². The number of para-hydroxylation sites is 4. The molecule has 2 aliphatic rings. The molecule has 0 N–H and O–H groups in total. The van der Waals surface area contributed by atoms with Crippen molar-refractivity contribution >= 4 is 38.9 Å². The van der Waals surface area contributed by atoms with Crippen LogP contribution >= 0.6 is 0 Å². The molecule has 62 heavy (non-hydrogen) atoms. The quantitative estimate of drug-likeness (QED) is 0.167. The maximum absolute atomic E-state index is 5.61. The molecule has 0 bridgehead atoms. The predicted molar refractivity (Wildman–Crippen MR) is 259 cm³/mol. The smallest absolute Gasteiger partial charge is 0.0750 e. The Balaban J connectivity index is 0.859. The molecule has 0 aliphatic heterocycles. The standard InChI is InChI=1S/C59H45N3/c1-58(2)52-36-41(38-23-29-44(30-24-38)61(42-15-7-5-8-16-42)43-17-9-6-10-18-43)28-34-49(52)56-53(58)37-50-46-33-27-40(35-51(46)59(3,4)57(50)60-56)39-25-31-45(32-26-39)62-54-21-13-11-19-47(54)48-20-12-14-22-55(48)62/h5-37H,1-4H3. The molecule has 10 aromatic rings. The summed E-state index contributed by atoms with van der Waals surface area (Å²) in [6.07, 6.45) is 0. The molecule has 0 spiro atoms. The second-order valence-corrected chi connectivity index (χ2v) is 18.0. The Bertz CT molecular complexity index is 3280. The van der Waals surface area contributed by atoms with Gasteiger partial charge in [0, 0.05) is 55.5 Å². The normalized spacial score (nSPS) is 14.1. The predicted octanol–water partition coefficient (Wildman–Crippen LogP) is 15.6. The number of pyridine rings is 1. The highest BCUT2D eigenvalue weighted by atomic mass is 15.1. The minimum atomic E-state index is -0.249. The fourth-order valence-corrected chi connectivity index (χ4v) is 10.5. The molecule has 0 atom stereocenters. The van der Waals surface area contributed by atoms with E-state index < -0.39 is 0 Å². The zero-order chi connectivity index (χ0) is 41.7. The molecule has 8 aromatic carbocycles. The van der Waals surface area contributed by atoms with Crippen LogP contribution in [0.5, 0.6) is 0 Å². The van der Waals surface area contributed by atoms with Crippen LogP contribution < -0.4 is 4.90 Å². The zero-order valence-electron chi connectivity index (χ0n) is 35.4. The first-order valence-electron chi connectivity index (χ1n) is 21.7. The van der Waals surface area contributed by atoms with Gasteiger partial charge in [-0.3, -0.25) is 4.98 Å². The minimum Gasteiger partial charge on any atom is -0.311 e. The average Bonchev–Trinajstić information content (AvgIpc) is 3.85. The first kappa shape index (κ1) is 36.4. The van der Waals surface area contributed by atoms with E-state index in [-0.39, 0.29) is 10.8 Å². The van der Waals surface area contributed by atoms with Crippen LogP contribution in [0.15, 0.2) is 200 Å². The highest BCUT2D eigenvalue weighted by Crippen LogP contribution is 2.55. The van der Waals surface area contributed by atoms with Crippen LogP contribution in [0.4, 0.5) is 17.1 Å². The third kappa shape index (κ3) is 5.41. The van der Waals surface area contributed by atoms with E-state index in [2.05, 4.69) is 237 Å². The molecule has 2 aliphatic carbocycles. The Kier molecular flexibility index (Phi) is 7.92. The van der Waals surface area contributed by atoms with Crippen LogP contribution in [-0.2, 0) is 10.8 Å². The molecular formula is C59H45N3. The summed E-state index contributed by atoms with van der Waals surface area (Å²) >= 11 is 0. The molecule has 3 nitrogen and oxygen atoms in total. The van der Waals surface area contributed by atoms with E-state index in [1.165, 1.54) is 83.1 Å². The molecule has 0 fully saturated rings. The van der Waals surface area contributed by atoms with Gasteiger partial charge < -0.3 is 9.47 Å². The molecule has 2 aromatic heterocycles. The molecular weight excluding hydrogens is 751 g/mol. The van der Waals surface area contributed by atoms with E-state index in [4.69, 9.17) is 4.98 Å². The van der Waals surface area contributed by atoms with E-state index in [0.29, 0.717) is 0 Å². The van der Waals surface area contributed by atoms with Crippen molar-refractivity contribution in [3.05, 3.63) is 223 Å². The van der Waals surface area contributed by atoms with Gasteiger partial charge in [-0.25, -0.2) is 0 Å².